The van der Waals surface area contributed by atoms with E-state index in [0.717, 1.165) is 18.8 Å². The third-order valence-electron chi connectivity index (χ3n) is 4.63. The smallest absolute Gasteiger partial charge is 0.260 e. The number of hydrogen-bond acceptors (Lipinski definition) is 5. The van der Waals surface area contributed by atoms with Crippen LogP contribution in [0.3, 0.4) is 0 Å². The lowest BCUT2D eigenvalue weighted by Gasteiger charge is -2.36. The van der Waals surface area contributed by atoms with Crippen molar-refractivity contribution in [2.45, 2.75) is 6.92 Å². The minimum atomic E-state index is -0.0886. The van der Waals surface area contributed by atoms with E-state index in [4.69, 9.17) is 10.00 Å². The molecular formula is C21H21N3O3. The SMILES string of the molecule is CC(=O)c1ccc(N2CCN(C(=O)COc3ccccc3C#N)CC2)cc1. The first-order chi connectivity index (χ1) is 13.1. The molecule has 0 N–H and O–H groups in total. The van der Waals surface area contributed by atoms with Gasteiger partial charge in [-0.3, -0.25) is 9.59 Å². The molecule has 6 nitrogen and oxygen atoms in total. The number of carbonyl (C=O) groups is 2. The molecule has 138 valence electrons. The minimum absolute atomic E-state index is 0.0509. The Bertz CT molecular complexity index is 863. The fraction of sp³-hybridized carbons (Fsp3) is 0.286. The molecule has 0 aliphatic carbocycles. The van der Waals surface area contributed by atoms with Crippen LogP contribution in [0.15, 0.2) is 48.5 Å². The number of rotatable bonds is 5. The van der Waals surface area contributed by atoms with Gasteiger partial charge in [0.15, 0.2) is 12.4 Å². The molecule has 0 bridgehead atoms. The molecule has 0 spiro atoms. The number of ether oxygens (including phenoxy) is 1. The van der Waals surface area contributed by atoms with Gasteiger partial charge in [0.25, 0.3) is 5.91 Å². The molecule has 0 radical (unpaired) electrons. The van der Waals surface area contributed by atoms with Gasteiger partial charge in [0.05, 0.1) is 5.56 Å². The largest absolute Gasteiger partial charge is 0.482 e. The second-order valence-electron chi connectivity index (χ2n) is 6.37. The maximum atomic E-state index is 12.4. The van der Waals surface area contributed by atoms with Crippen LogP contribution >= 0.6 is 0 Å². The van der Waals surface area contributed by atoms with E-state index < -0.39 is 0 Å². The number of benzene rings is 2. The zero-order chi connectivity index (χ0) is 19.2. The van der Waals surface area contributed by atoms with Crippen LogP contribution in [0.4, 0.5) is 5.69 Å². The van der Waals surface area contributed by atoms with Gasteiger partial charge in [-0.15, -0.1) is 0 Å². The van der Waals surface area contributed by atoms with E-state index in [1.165, 1.54) is 0 Å². The third kappa shape index (κ3) is 4.45. The normalized spacial score (nSPS) is 13.8. The Hall–Kier alpha value is -3.33. The van der Waals surface area contributed by atoms with Gasteiger partial charge in [0.2, 0.25) is 0 Å². The molecule has 2 aromatic carbocycles. The minimum Gasteiger partial charge on any atom is -0.482 e. The van der Waals surface area contributed by atoms with Crippen LogP contribution < -0.4 is 9.64 Å². The van der Waals surface area contributed by atoms with Crippen LogP contribution in [-0.4, -0.2) is 49.4 Å². The number of nitrogens with zero attached hydrogens (tertiary/aromatic N) is 3. The van der Waals surface area contributed by atoms with Crippen LogP contribution in [0.25, 0.3) is 0 Å². The molecule has 1 fully saturated rings. The molecule has 0 unspecified atom stereocenters. The molecule has 3 rings (SSSR count). The van der Waals surface area contributed by atoms with Gasteiger partial charge in [0.1, 0.15) is 11.8 Å². The quantitative estimate of drug-likeness (QED) is 0.763. The highest BCUT2D eigenvalue weighted by molar-refractivity contribution is 5.94. The van der Waals surface area contributed by atoms with Crippen LogP contribution in [0.2, 0.25) is 0 Å². The number of amides is 1. The maximum Gasteiger partial charge on any atom is 0.260 e. The molecule has 2 aromatic rings. The van der Waals surface area contributed by atoms with Crippen molar-refractivity contribution < 1.29 is 14.3 Å². The number of carbonyl (C=O) groups excluding carboxylic acids is 2. The highest BCUT2D eigenvalue weighted by Crippen LogP contribution is 2.19. The van der Waals surface area contributed by atoms with E-state index in [1.54, 1.807) is 36.1 Å². The predicted octanol–water partition coefficient (Wildman–Crippen LogP) is 2.49. The first kappa shape index (κ1) is 18.5. The molecule has 1 aliphatic rings. The van der Waals surface area contributed by atoms with Crippen LogP contribution in [0, 0.1) is 11.3 Å². The Morgan fingerprint density at radius 3 is 2.33 bits per heavy atom. The highest BCUT2D eigenvalue weighted by atomic mass is 16.5. The first-order valence-corrected chi connectivity index (χ1v) is 8.84. The number of hydrogen-bond donors (Lipinski definition) is 0. The average Bonchev–Trinajstić information content (AvgIpc) is 2.72. The fourth-order valence-corrected chi connectivity index (χ4v) is 3.04. The molecule has 0 aromatic heterocycles. The number of ketones is 1. The lowest BCUT2D eigenvalue weighted by atomic mass is 10.1. The summed E-state index contributed by atoms with van der Waals surface area (Å²) in [5, 5.41) is 9.07. The summed E-state index contributed by atoms with van der Waals surface area (Å²) in [5.74, 6) is 0.391. The molecule has 0 atom stereocenters. The Kier molecular flexibility index (Phi) is 5.72. The van der Waals surface area contributed by atoms with Crippen molar-refractivity contribution in [3.8, 4) is 11.8 Å². The average molecular weight is 363 g/mol. The summed E-state index contributed by atoms with van der Waals surface area (Å²) in [7, 11) is 0. The fourth-order valence-electron chi connectivity index (χ4n) is 3.04. The van der Waals surface area contributed by atoms with Gasteiger partial charge in [-0.05, 0) is 43.3 Å². The van der Waals surface area contributed by atoms with E-state index in [2.05, 4.69) is 11.0 Å². The molecule has 1 heterocycles. The van der Waals surface area contributed by atoms with E-state index in [0.29, 0.717) is 30.0 Å². The van der Waals surface area contributed by atoms with Crippen molar-refractivity contribution in [2.24, 2.45) is 0 Å². The third-order valence-corrected chi connectivity index (χ3v) is 4.63. The zero-order valence-electron chi connectivity index (χ0n) is 15.2. The number of piperazine rings is 1. The Morgan fingerprint density at radius 2 is 1.70 bits per heavy atom. The highest BCUT2D eigenvalue weighted by Gasteiger charge is 2.22. The predicted molar refractivity (Wildman–Crippen MR) is 102 cm³/mol. The Morgan fingerprint density at radius 1 is 1.04 bits per heavy atom. The van der Waals surface area contributed by atoms with E-state index in [9.17, 15) is 9.59 Å². The lowest BCUT2D eigenvalue weighted by molar-refractivity contribution is -0.133. The molecule has 1 saturated heterocycles. The molecule has 27 heavy (non-hydrogen) atoms. The van der Waals surface area contributed by atoms with Crippen molar-refractivity contribution in [3.05, 3.63) is 59.7 Å². The van der Waals surface area contributed by atoms with Crippen molar-refractivity contribution in [1.82, 2.24) is 4.90 Å². The zero-order valence-corrected chi connectivity index (χ0v) is 15.2. The van der Waals surface area contributed by atoms with Crippen molar-refractivity contribution in [2.75, 3.05) is 37.7 Å². The van der Waals surface area contributed by atoms with Gasteiger partial charge in [-0.2, -0.15) is 5.26 Å². The lowest BCUT2D eigenvalue weighted by Crippen LogP contribution is -2.50. The summed E-state index contributed by atoms with van der Waals surface area (Å²) in [6, 6.07) is 16.5. The second-order valence-corrected chi connectivity index (χ2v) is 6.37. The van der Waals surface area contributed by atoms with E-state index in [-0.39, 0.29) is 18.3 Å². The monoisotopic (exact) mass is 363 g/mol. The van der Waals surface area contributed by atoms with Crippen LogP contribution in [0.5, 0.6) is 5.75 Å². The standard InChI is InChI=1S/C21H21N3O3/c1-16(25)17-6-8-19(9-7-17)23-10-12-24(13-11-23)21(26)15-27-20-5-3-2-4-18(20)14-22/h2-9H,10-13,15H2,1H3. The van der Waals surface area contributed by atoms with E-state index in [1.807, 2.05) is 24.3 Å². The Balaban J connectivity index is 1.52. The summed E-state index contributed by atoms with van der Waals surface area (Å²) in [4.78, 5) is 27.7. The summed E-state index contributed by atoms with van der Waals surface area (Å²) in [6.45, 7) is 4.13. The molecule has 1 aliphatic heterocycles. The molecule has 1 amide bonds. The topological polar surface area (TPSA) is 73.6 Å². The number of Topliss-reactive ketones (excluding diaryl/α,β-unsaturated/α-hetero) is 1. The summed E-state index contributed by atoms with van der Waals surface area (Å²) < 4.78 is 5.53. The number of para-hydroxylation sites is 1. The second kappa shape index (κ2) is 8.37. The van der Waals surface area contributed by atoms with Gasteiger partial charge >= 0.3 is 0 Å². The van der Waals surface area contributed by atoms with Gasteiger partial charge in [0, 0.05) is 37.4 Å². The Labute approximate surface area is 158 Å². The number of nitriles is 1. The summed E-state index contributed by atoms with van der Waals surface area (Å²) in [5.41, 5.74) is 2.16. The van der Waals surface area contributed by atoms with Crippen molar-refractivity contribution >= 4 is 17.4 Å². The van der Waals surface area contributed by atoms with E-state index >= 15 is 0 Å². The van der Waals surface area contributed by atoms with Gasteiger partial charge < -0.3 is 14.5 Å². The van der Waals surface area contributed by atoms with Gasteiger partial charge in [-0.25, -0.2) is 0 Å². The summed E-state index contributed by atoms with van der Waals surface area (Å²) in [6.07, 6.45) is 0. The van der Waals surface area contributed by atoms with Crippen LogP contribution in [-0.2, 0) is 4.79 Å². The van der Waals surface area contributed by atoms with Gasteiger partial charge in [-0.1, -0.05) is 12.1 Å². The maximum absolute atomic E-state index is 12.4. The first-order valence-electron chi connectivity index (χ1n) is 8.84. The number of anilines is 1. The molecule has 0 saturated carbocycles. The molecule has 6 heteroatoms. The summed E-state index contributed by atoms with van der Waals surface area (Å²) >= 11 is 0. The van der Waals surface area contributed by atoms with Crippen LogP contribution in [0.1, 0.15) is 22.8 Å². The molecular weight excluding hydrogens is 342 g/mol. The van der Waals surface area contributed by atoms with Crippen molar-refractivity contribution in [3.63, 3.8) is 0 Å². The van der Waals surface area contributed by atoms with Crippen molar-refractivity contribution in [1.29, 1.82) is 5.26 Å².